The van der Waals surface area contributed by atoms with Crippen LogP contribution in [0.2, 0.25) is 5.02 Å². The number of amides is 2. The second-order valence-electron chi connectivity index (χ2n) is 7.70. The molecule has 5 nitrogen and oxygen atoms in total. The van der Waals surface area contributed by atoms with E-state index in [0.717, 1.165) is 23.1 Å². The summed E-state index contributed by atoms with van der Waals surface area (Å²) in [6.45, 7) is 8.64. The van der Waals surface area contributed by atoms with Crippen LogP contribution in [0.5, 0.6) is 5.75 Å². The van der Waals surface area contributed by atoms with Gasteiger partial charge in [-0.2, -0.15) is 0 Å². The molecule has 1 atom stereocenters. The van der Waals surface area contributed by atoms with Crippen molar-refractivity contribution in [3.05, 3.63) is 64.2 Å². The molecule has 0 saturated carbocycles. The zero-order valence-electron chi connectivity index (χ0n) is 18.9. The van der Waals surface area contributed by atoms with Gasteiger partial charge in [0, 0.05) is 18.1 Å². The molecule has 31 heavy (non-hydrogen) atoms. The highest BCUT2D eigenvalue weighted by atomic mass is 35.5. The minimum absolute atomic E-state index is 0.121. The Labute approximate surface area is 190 Å². The molecule has 0 fully saturated rings. The van der Waals surface area contributed by atoms with Crippen molar-refractivity contribution < 1.29 is 14.3 Å². The highest BCUT2D eigenvalue weighted by Gasteiger charge is 2.28. The lowest BCUT2D eigenvalue weighted by Gasteiger charge is -2.30. The second-order valence-corrected chi connectivity index (χ2v) is 8.08. The first-order valence-corrected chi connectivity index (χ1v) is 11.3. The van der Waals surface area contributed by atoms with E-state index in [2.05, 4.69) is 5.32 Å². The Hall–Kier alpha value is -2.53. The molecule has 0 bridgehead atoms. The summed E-state index contributed by atoms with van der Waals surface area (Å²) in [7, 11) is 0. The van der Waals surface area contributed by atoms with E-state index in [-0.39, 0.29) is 18.4 Å². The van der Waals surface area contributed by atoms with Crippen LogP contribution in [0.1, 0.15) is 43.4 Å². The van der Waals surface area contributed by atoms with Crippen molar-refractivity contribution in [3.8, 4) is 5.75 Å². The normalized spacial score (nSPS) is 11.6. The van der Waals surface area contributed by atoms with Crippen LogP contribution in [0.25, 0.3) is 0 Å². The molecule has 168 valence electrons. The molecule has 0 aliphatic carbocycles. The molecule has 0 radical (unpaired) electrons. The molecule has 0 aliphatic rings. The van der Waals surface area contributed by atoms with Gasteiger partial charge >= 0.3 is 0 Å². The number of hydrogen-bond acceptors (Lipinski definition) is 3. The van der Waals surface area contributed by atoms with Gasteiger partial charge in [-0.15, -0.1) is 0 Å². The van der Waals surface area contributed by atoms with Gasteiger partial charge in [0.1, 0.15) is 11.8 Å². The van der Waals surface area contributed by atoms with Gasteiger partial charge in [0.15, 0.2) is 6.61 Å². The Balaban J connectivity index is 2.14. The number of halogens is 1. The van der Waals surface area contributed by atoms with Gasteiger partial charge in [-0.25, -0.2) is 0 Å². The monoisotopic (exact) mass is 444 g/mol. The summed E-state index contributed by atoms with van der Waals surface area (Å²) >= 11 is 6.22. The second kappa shape index (κ2) is 12.4. The molecule has 0 saturated heterocycles. The predicted octanol–water partition coefficient (Wildman–Crippen LogP) is 4.71. The third-order valence-corrected chi connectivity index (χ3v) is 5.79. The first-order valence-electron chi connectivity index (χ1n) is 10.9. The third kappa shape index (κ3) is 7.28. The average molecular weight is 445 g/mol. The summed E-state index contributed by atoms with van der Waals surface area (Å²) in [5.41, 5.74) is 2.92. The van der Waals surface area contributed by atoms with Crippen molar-refractivity contribution in [2.45, 2.75) is 53.0 Å². The lowest BCUT2D eigenvalue weighted by molar-refractivity contribution is -0.142. The molecule has 2 aromatic rings. The summed E-state index contributed by atoms with van der Waals surface area (Å²) in [4.78, 5) is 27.5. The summed E-state index contributed by atoms with van der Waals surface area (Å²) in [6.07, 6.45) is 2.05. The zero-order chi connectivity index (χ0) is 22.8. The number of carbonyl (C=O) groups is 2. The van der Waals surface area contributed by atoms with Crippen LogP contribution in [0.4, 0.5) is 0 Å². The number of nitrogens with zero attached hydrogens (tertiary/aromatic N) is 1. The van der Waals surface area contributed by atoms with Gasteiger partial charge in [0.2, 0.25) is 5.91 Å². The van der Waals surface area contributed by atoms with E-state index in [1.54, 1.807) is 4.90 Å². The molecule has 0 unspecified atom stereocenters. The Morgan fingerprint density at radius 2 is 1.74 bits per heavy atom. The Morgan fingerprint density at radius 3 is 2.32 bits per heavy atom. The van der Waals surface area contributed by atoms with E-state index in [9.17, 15) is 9.59 Å². The maximum atomic E-state index is 13.1. The summed E-state index contributed by atoms with van der Waals surface area (Å²) < 4.78 is 5.79. The SMILES string of the molecule is CCCNC(=O)[C@H](CC)N(CCc1ccccc1)C(=O)COc1cc(C)c(Cl)c(C)c1. The number of aryl methyl sites for hydroxylation is 2. The molecule has 0 aromatic heterocycles. The van der Waals surface area contributed by atoms with Gasteiger partial charge in [-0.3, -0.25) is 9.59 Å². The minimum atomic E-state index is -0.528. The Morgan fingerprint density at radius 1 is 1.10 bits per heavy atom. The highest BCUT2D eigenvalue weighted by Crippen LogP contribution is 2.26. The lowest BCUT2D eigenvalue weighted by atomic mass is 10.1. The quantitative estimate of drug-likeness (QED) is 0.546. The van der Waals surface area contributed by atoms with Crippen molar-refractivity contribution in [3.63, 3.8) is 0 Å². The molecule has 6 heteroatoms. The fourth-order valence-corrected chi connectivity index (χ4v) is 3.59. The topological polar surface area (TPSA) is 58.6 Å². The number of ether oxygens (including phenoxy) is 1. The highest BCUT2D eigenvalue weighted by molar-refractivity contribution is 6.32. The van der Waals surface area contributed by atoms with Crippen LogP contribution in [0, 0.1) is 13.8 Å². The van der Waals surface area contributed by atoms with Gasteiger partial charge < -0.3 is 15.0 Å². The van der Waals surface area contributed by atoms with Gasteiger partial charge in [0.05, 0.1) is 0 Å². The number of carbonyl (C=O) groups excluding carboxylic acids is 2. The molecule has 1 N–H and O–H groups in total. The van der Waals surface area contributed by atoms with E-state index in [1.807, 2.05) is 70.2 Å². The van der Waals surface area contributed by atoms with E-state index in [0.29, 0.717) is 36.7 Å². The van der Waals surface area contributed by atoms with Crippen LogP contribution in [0.3, 0.4) is 0 Å². The van der Waals surface area contributed by atoms with Crippen LogP contribution in [0.15, 0.2) is 42.5 Å². The van der Waals surface area contributed by atoms with Gasteiger partial charge in [-0.05, 0) is 61.9 Å². The fraction of sp³-hybridized carbons (Fsp3) is 0.440. The molecular formula is C25H33ClN2O3. The Kier molecular flexibility index (Phi) is 9.86. The zero-order valence-corrected chi connectivity index (χ0v) is 19.7. The van der Waals surface area contributed by atoms with E-state index >= 15 is 0 Å². The van der Waals surface area contributed by atoms with E-state index in [1.165, 1.54) is 0 Å². The lowest BCUT2D eigenvalue weighted by Crippen LogP contribution is -2.51. The van der Waals surface area contributed by atoms with Crippen LogP contribution in [-0.2, 0) is 16.0 Å². The van der Waals surface area contributed by atoms with Crippen molar-refractivity contribution >= 4 is 23.4 Å². The molecule has 0 aliphatic heterocycles. The minimum Gasteiger partial charge on any atom is -0.484 e. The van der Waals surface area contributed by atoms with Crippen LogP contribution < -0.4 is 10.1 Å². The van der Waals surface area contributed by atoms with Crippen molar-refractivity contribution in [1.82, 2.24) is 10.2 Å². The molecular weight excluding hydrogens is 412 g/mol. The largest absolute Gasteiger partial charge is 0.484 e. The van der Waals surface area contributed by atoms with Crippen LogP contribution >= 0.6 is 11.6 Å². The maximum Gasteiger partial charge on any atom is 0.261 e. The van der Waals surface area contributed by atoms with Crippen molar-refractivity contribution in [1.29, 1.82) is 0 Å². The summed E-state index contributed by atoms with van der Waals surface area (Å²) in [5, 5.41) is 3.62. The molecule has 0 spiro atoms. The first-order chi connectivity index (χ1) is 14.9. The van der Waals surface area contributed by atoms with Gasteiger partial charge in [0.25, 0.3) is 5.91 Å². The van der Waals surface area contributed by atoms with Crippen molar-refractivity contribution in [2.24, 2.45) is 0 Å². The van der Waals surface area contributed by atoms with Gasteiger partial charge in [-0.1, -0.05) is 55.8 Å². The molecule has 2 amide bonds. The smallest absolute Gasteiger partial charge is 0.261 e. The third-order valence-electron chi connectivity index (χ3n) is 5.19. The molecule has 2 rings (SSSR count). The fourth-order valence-electron chi connectivity index (χ4n) is 3.48. The molecule has 2 aromatic carbocycles. The number of rotatable bonds is 11. The average Bonchev–Trinajstić information content (AvgIpc) is 2.77. The molecule has 0 heterocycles. The van der Waals surface area contributed by atoms with E-state index in [4.69, 9.17) is 16.3 Å². The van der Waals surface area contributed by atoms with Crippen molar-refractivity contribution in [2.75, 3.05) is 19.7 Å². The number of nitrogens with one attached hydrogen (secondary N) is 1. The maximum absolute atomic E-state index is 13.1. The number of hydrogen-bond donors (Lipinski definition) is 1. The summed E-state index contributed by atoms with van der Waals surface area (Å²) in [6, 6.07) is 13.1. The van der Waals surface area contributed by atoms with Crippen LogP contribution in [-0.4, -0.2) is 42.5 Å². The Bertz CT molecular complexity index is 847. The standard InChI is InChI=1S/C25H33ClN2O3/c1-5-13-27-25(30)22(6-2)28(14-12-20-10-8-7-9-11-20)23(29)17-31-21-15-18(3)24(26)19(4)16-21/h7-11,15-16,22H,5-6,12-14,17H2,1-4H3,(H,27,30)/t22-/m0/s1. The number of benzene rings is 2. The predicted molar refractivity (Wildman–Crippen MR) is 126 cm³/mol. The van der Waals surface area contributed by atoms with E-state index < -0.39 is 6.04 Å². The first kappa shape index (κ1) is 24.7. The summed E-state index contributed by atoms with van der Waals surface area (Å²) in [5.74, 6) is 0.267.